The summed E-state index contributed by atoms with van der Waals surface area (Å²) in [4.78, 5) is 16.7. The highest BCUT2D eigenvalue weighted by Crippen LogP contribution is 2.19. The number of carbonyl (C=O) groups is 1. The smallest absolute Gasteiger partial charge is 0.272 e. The average molecular weight is 429 g/mol. The fourth-order valence-corrected chi connectivity index (χ4v) is 4.43. The molecule has 3 rings (SSSR count). The monoisotopic (exact) mass is 428 g/mol. The van der Waals surface area contributed by atoms with Gasteiger partial charge >= 0.3 is 0 Å². The second-order valence-electron chi connectivity index (χ2n) is 6.60. The molecule has 0 radical (unpaired) electrons. The van der Waals surface area contributed by atoms with E-state index in [1.807, 2.05) is 6.92 Å². The number of nitrogens with one attached hydrogen (secondary N) is 1. The SMILES string of the molecule is CCN(CC)S(=O)(=O)c1ccc(C(C)NC(=O)c2ccc(-n3ccnc3)nn2)cc1. The Balaban J connectivity index is 1.68. The van der Waals surface area contributed by atoms with Crippen molar-refractivity contribution in [3.63, 3.8) is 0 Å². The molecule has 1 amide bonds. The number of nitrogens with zero attached hydrogens (tertiary/aromatic N) is 5. The van der Waals surface area contributed by atoms with Gasteiger partial charge in [0.05, 0.1) is 10.9 Å². The van der Waals surface area contributed by atoms with Crippen molar-refractivity contribution >= 4 is 15.9 Å². The Kier molecular flexibility index (Phi) is 6.58. The Bertz CT molecular complexity index is 1080. The summed E-state index contributed by atoms with van der Waals surface area (Å²) in [6.07, 6.45) is 4.95. The number of imidazole rings is 1. The largest absolute Gasteiger partial charge is 0.344 e. The van der Waals surface area contributed by atoms with Crippen LogP contribution in [0.2, 0.25) is 0 Å². The Morgan fingerprint density at radius 2 is 1.80 bits per heavy atom. The van der Waals surface area contributed by atoms with Crippen LogP contribution in [0.25, 0.3) is 5.82 Å². The fourth-order valence-electron chi connectivity index (χ4n) is 2.97. The van der Waals surface area contributed by atoms with Crippen molar-refractivity contribution in [3.8, 4) is 5.82 Å². The van der Waals surface area contributed by atoms with E-state index in [2.05, 4.69) is 20.5 Å². The zero-order chi connectivity index (χ0) is 21.7. The molecule has 2 aromatic heterocycles. The number of aromatic nitrogens is 4. The predicted molar refractivity (Wildman–Crippen MR) is 112 cm³/mol. The molecule has 2 heterocycles. The summed E-state index contributed by atoms with van der Waals surface area (Å²) in [5.74, 6) is 0.189. The molecule has 0 aliphatic heterocycles. The number of sulfonamides is 1. The molecule has 1 N–H and O–H groups in total. The molecule has 0 fully saturated rings. The van der Waals surface area contributed by atoms with Gasteiger partial charge in [0.25, 0.3) is 5.91 Å². The molecule has 1 unspecified atom stereocenters. The third-order valence-corrected chi connectivity index (χ3v) is 6.79. The third-order valence-electron chi connectivity index (χ3n) is 4.72. The third kappa shape index (κ3) is 4.55. The highest BCUT2D eigenvalue weighted by atomic mass is 32.2. The summed E-state index contributed by atoms with van der Waals surface area (Å²) in [5.41, 5.74) is 0.969. The number of hydrogen-bond donors (Lipinski definition) is 1. The Hall–Kier alpha value is -3.11. The van der Waals surface area contributed by atoms with E-state index in [4.69, 9.17) is 0 Å². The van der Waals surface area contributed by atoms with Gasteiger partial charge in [0.1, 0.15) is 6.33 Å². The van der Waals surface area contributed by atoms with Crippen molar-refractivity contribution in [2.75, 3.05) is 13.1 Å². The van der Waals surface area contributed by atoms with Crippen LogP contribution in [0, 0.1) is 0 Å². The first-order valence-electron chi connectivity index (χ1n) is 9.59. The van der Waals surface area contributed by atoms with Crippen LogP contribution in [-0.2, 0) is 10.0 Å². The van der Waals surface area contributed by atoms with E-state index in [9.17, 15) is 13.2 Å². The molecule has 0 aliphatic rings. The van der Waals surface area contributed by atoms with Gasteiger partial charge in [0.2, 0.25) is 10.0 Å². The standard InChI is InChI=1S/C20H24N6O3S/c1-4-26(5-2)30(28,29)17-8-6-16(7-9-17)15(3)22-20(27)18-10-11-19(24-23-18)25-13-12-21-14-25/h6-15H,4-5H2,1-3H3,(H,22,27). The molecular formula is C20H24N6O3S. The fraction of sp³-hybridized carbons (Fsp3) is 0.300. The van der Waals surface area contributed by atoms with Gasteiger partial charge in [-0.25, -0.2) is 13.4 Å². The maximum atomic E-state index is 12.6. The van der Waals surface area contributed by atoms with Gasteiger partial charge in [0, 0.05) is 25.5 Å². The second-order valence-corrected chi connectivity index (χ2v) is 8.54. The molecular weight excluding hydrogens is 404 g/mol. The highest BCUT2D eigenvalue weighted by molar-refractivity contribution is 7.89. The van der Waals surface area contributed by atoms with Crippen molar-refractivity contribution in [2.45, 2.75) is 31.7 Å². The topological polar surface area (TPSA) is 110 Å². The van der Waals surface area contributed by atoms with Crippen LogP contribution >= 0.6 is 0 Å². The summed E-state index contributed by atoms with van der Waals surface area (Å²) < 4.78 is 28.3. The minimum atomic E-state index is -3.51. The molecule has 0 spiro atoms. The van der Waals surface area contributed by atoms with Crippen LogP contribution in [0.3, 0.4) is 0 Å². The molecule has 9 nitrogen and oxygen atoms in total. The van der Waals surface area contributed by atoms with Crippen molar-refractivity contribution in [1.29, 1.82) is 0 Å². The molecule has 0 saturated carbocycles. The van der Waals surface area contributed by atoms with Gasteiger partial charge < -0.3 is 5.32 Å². The number of hydrogen-bond acceptors (Lipinski definition) is 6. The number of amides is 1. The van der Waals surface area contributed by atoms with E-state index >= 15 is 0 Å². The zero-order valence-corrected chi connectivity index (χ0v) is 17.9. The summed E-state index contributed by atoms with van der Waals surface area (Å²) in [7, 11) is -3.51. The van der Waals surface area contributed by atoms with E-state index in [1.165, 1.54) is 4.31 Å². The Morgan fingerprint density at radius 3 is 2.33 bits per heavy atom. The minimum absolute atomic E-state index is 0.187. The molecule has 10 heteroatoms. The maximum Gasteiger partial charge on any atom is 0.272 e. The first-order chi connectivity index (χ1) is 14.4. The zero-order valence-electron chi connectivity index (χ0n) is 17.1. The maximum absolute atomic E-state index is 12.6. The molecule has 0 saturated heterocycles. The van der Waals surface area contributed by atoms with E-state index in [0.29, 0.717) is 18.9 Å². The summed E-state index contributed by atoms with van der Waals surface area (Å²) in [6, 6.07) is 9.46. The molecule has 1 aromatic carbocycles. The van der Waals surface area contributed by atoms with E-state index < -0.39 is 10.0 Å². The van der Waals surface area contributed by atoms with Crippen LogP contribution in [0.5, 0.6) is 0 Å². The van der Waals surface area contributed by atoms with Gasteiger partial charge in [0.15, 0.2) is 11.5 Å². The van der Waals surface area contributed by atoms with Crippen LogP contribution in [0.4, 0.5) is 0 Å². The van der Waals surface area contributed by atoms with Crippen LogP contribution in [0.15, 0.2) is 60.0 Å². The van der Waals surface area contributed by atoms with Crippen LogP contribution in [0.1, 0.15) is 42.9 Å². The van der Waals surface area contributed by atoms with Crippen LogP contribution in [-0.4, -0.2) is 51.5 Å². The van der Waals surface area contributed by atoms with Gasteiger partial charge in [-0.05, 0) is 36.8 Å². The number of benzene rings is 1. The number of carbonyl (C=O) groups excluding carboxylic acids is 1. The van der Waals surface area contributed by atoms with Crippen molar-refractivity contribution in [3.05, 3.63) is 66.4 Å². The lowest BCUT2D eigenvalue weighted by Crippen LogP contribution is -2.30. The number of rotatable bonds is 8. The predicted octanol–water partition coefficient (Wildman–Crippen LogP) is 2.18. The normalized spacial score (nSPS) is 12.7. The molecule has 158 valence electrons. The molecule has 3 aromatic rings. The van der Waals surface area contributed by atoms with Crippen molar-refractivity contribution in [2.24, 2.45) is 0 Å². The van der Waals surface area contributed by atoms with Crippen molar-refractivity contribution in [1.82, 2.24) is 29.4 Å². The lowest BCUT2D eigenvalue weighted by Gasteiger charge is -2.19. The molecule has 0 aliphatic carbocycles. The lowest BCUT2D eigenvalue weighted by molar-refractivity contribution is 0.0933. The Morgan fingerprint density at radius 1 is 1.10 bits per heavy atom. The summed E-state index contributed by atoms with van der Waals surface area (Å²) in [5, 5.41) is 10.9. The van der Waals surface area contributed by atoms with E-state index in [0.717, 1.165) is 5.56 Å². The van der Waals surface area contributed by atoms with E-state index in [-0.39, 0.29) is 22.5 Å². The molecule has 30 heavy (non-hydrogen) atoms. The summed E-state index contributed by atoms with van der Waals surface area (Å²) >= 11 is 0. The molecule has 1 atom stereocenters. The first-order valence-corrected chi connectivity index (χ1v) is 11.0. The van der Waals surface area contributed by atoms with Gasteiger partial charge in [-0.2, -0.15) is 4.31 Å². The minimum Gasteiger partial charge on any atom is -0.344 e. The first kappa shape index (κ1) is 21.6. The van der Waals surface area contributed by atoms with Gasteiger partial charge in [-0.1, -0.05) is 26.0 Å². The van der Waals surface area contributed by atoms with Gasteiger partial charge in [-0.15, -0.1) is 10.2 Å². The average Bonchev–Trinajstić information content (AvgIpc) is 3.29. The molecule has 0 bridgehead atoms. The lowest BCUT2D eigenvalue weighted by atomic mass is 10.1. The van der Waals surface area contributed by atoms with E-state index in [1.54, 1.807) is 73.5 Å². The second kappa shape index (κ2) is 9.14. The van der Waals surface area contributed by atoms with Crippen LogP contribution < -0.4 is 5.32 Å². The highest BCUT2D eigenvalue weighted by Gasteiger charge is 2.22. The van der Waals surface area contributed by atoms with Gasteiger partial charge in [-0.3, -0.25) is 9.36 Å². The Labute approximate surface area is 175 Å². The van der Waals surface area contributed by atoms with Crippen molar-refractivity contribution < 1.29 is 13.2 Å². The summed E-state index contributed by atoms with van der Waals surface area (Å²) in [6.45, 7) is 6.25. The quantitative estimate of drug-likeness (QED) is 0.589.